The number of rotatable bonds is 2. The van der Waals surface area contributed by atoms with Gasteiger partial charge < -0.3 is 10.2 Å². The lowest BCUT2D eigenvalue weighted by molar-refractivity contribution is 0.0694. The molecule has 2 aromatic carbocycles. The zero-order chi connectivity index (χ0) is 14.1. The van der Waals surface area contributed by atoms with Gasteiger partial charge in [-0.1, -0.05) is 36.4 Å². The van der Waals surface area contributed by atoms with Gasteiger partial charge in [0.25, 0.3) is 5.91 Å². The van der Waals surface area contributed by atoms with E-state index in [2.05, 4.69) is 24.4 Å². The number of amides is 1. The molecule has 1 N–H and O–H groups in total. The molecule has 1 atom stereocenters. The van der Waals surface area contributed by atoms with Gasteiger partial charge in [-0.2, -0.15) is 0 Å². The average molecular weight is 266 g/mol. The Balaban J connectivity index is 2.09. The monoisotopic (exact) mass is 266 g/mol. The van der Waals surface area contributed by atoms with Crippen molar-refractivity contribution in [2.45, 2.75) is 20.0 Å². The second kappa shape index (κ2) is 5.00. The van der Waals surface area contributed by atoms with Crippen LogP contribution in [-0.2, 0) is 0 Å². The van der Waals surface area contributed by atoms with E-state index in [1.807, 2.05) is 48.2 Å². The van der Waals surface area contributed by atoms with Gasteiger partial charge in [0.2, 0.25) is 0 Å². The van der Waals surface area contributed by atoms with Crippen LogP contribution >= 0.6 is 0 Å². The van der Waals surface area contributed by atoms with Gasteiger partial charge in [0, 0.05) is 12.2 Å². The second-order valence-corrected chi connectivity index (χ2v) is 5.04. The topological polar surface area (TPSA) is 32.3 Å². The lowest BCUT2D eigenvalue weighted by Gasteiger charge is -2.38. The molecule has 0 radical (unpaired) electrons. The van der Waals surface area contributed by atoms with Crippen LogP contribution in [0.1, 0.15) is 34.6 Å². The molecule has 0 fully saturated rings. The molecule has 0 saturated carbocycles. The van der Waals surface area contributed by atoms with Crippen molar-refractivity contribution in [3.8, 4) is 0 Å². The first-order chi connectivity index (χ1) is 9.72. The van der Waals surface area contributed by atoms with E-state index in [1.165, 1.54) is 5.56 Å². The molecule has 0 aliphatic carbocycles. The third kappa shape index (κ3) is 1.95. The summed E-state index contributed by atoms with van der Waals surface area (Å²) in [5.74, 6) is 0.0927. The maximum Gasteiger partial charge on any atom is 0.257 e. The molecule has 1 aliphatic rings. The zero-order valence-corrected chi connectivity index (χ0v) is 11.8. The first kappa shape index (κ1) is 12.7. The molecule has 2 aromatic rings. The predicted octanol–water partition coefficient (Wildman–Crippen LogP) is 3.58. The lowest BCUT2D eigenvalue weighted by atomic mass is 10.0. The first-order valence-electron chi connectivity index (χ1n) is 6.94. The number of hydrogen-bond acceptors (Lipinski definition) is 2. The number of nitrogens with one attached hydrogen (secondary N) is 1. The zero-order valence-electron chi connectivity index (χ0n) is 11.8. The summed E-state index contributed by atoms with van der Waals surface area (Å²) in [4.78, 5) is 14.5. The molecule has 102 valence electrons. The molecule has 1 aliphatic heterocycles. The predicted molar refractivity (Wildman–Crippen MR) is 80.7 cm³/mol. The highest BCUT2D eigenvalue weighted by Gasteiger charge is 2.32. The number of para-hydroxylation sites is 1. The van der Waals surface area contributed by atoms with E-state index in [0.29, 0.717) is 6.54 Å². The maximum absolute atomic E-state index is 12.6. The molecule has 3 heteroatoms. The number of carbonyl (C=O) groups is 1. The minimum absolute atomic E-state index is 0.0927. The number of fused-ring (bicyclic) bond motifs is 1. The molecule has 1 amide bonds. The summed E-state index contributed by atoms with van der Waals surface area (Å²) in [5.41, 5.74) is 4.00. The number of nitrogens with zero attached hydrogens (tertiary/aromatic N) is 1. The lowest BCUT2D eigenvalue weighted by Crippen LogP contribution is -2.43. The minimum atomic E-state index is -0.0939. The van der Waals surface area contributed by atoms with Crippen molar-refractivity contribution in [3.63, 3.8) is 0 Å². The smallest absolute Gasteiger partial charge is 0.257 e. The maximum atomic E-state index is 12.6. The molecular formula is C17H18N2O. The summed E-state index contributed by atoms with van der Waals surface area (Å²) >= 11 is 0. The standard InChI is InChI=1S/C17H18N2O/c1-3-19-16(13-9-5-4-8-12(13)2)18-15-11-7-6-10-14(15)17(19)20/h4-11,16,18H,3H2,1-2H3. The van der Waals surface area contributed by atoms with Crippen molar-refractivity contribution in [1.82, 2.24) is 4.90 Å². The van der Waals surface area contributed by atoms with Crippen molar-refractivity contribution in [2.75, 3.05) is 11.9 Å². The van der Waals surface area contributed by atoms with Crippen LogP contribution in [0.15, 0.2) is 48.5 Å². The highest BCUT2D eigenvalue weighted by molar-refractivity contribution is 6.01. The van der Waals surface area contributed by atoms with Crippen molar-refractivity contribution in [1.29, 1.82) is 0 Å². The third-order valence-corrected chi connectivity index (χ3v) is 3.85. The highest BCUT2D eigenvalue weighted by Crippen LogP contribution is 2.33. The van der Waals surface area contributed by atoms with E-state index >= 15 is 0 Å². The van der Waals surface area contributed by atoms with Gasteiger partial charge in [-0.3, -0.25) is 4.79 Å². The molecule has 1 heterocycles. The summed E-state index contributed by atoms with van der Waals surface area (Å²) in [6.07, 6.45) is -0.0939. The van der Waals surface area contributed by atoms with Crippen molar-refractivity contribution >= 4 is 11.6 Å². The van der Waals surface area contributed by atoms with Crippen LogP contribution in [0.3, 0.4) is 0 Å². The van der Waals surface area contributed by atoms with Gasteiger partial charge in [0.05, 0.1) is 5.56 Å². The normalized spacial score (nSPS) is 17.6. The molecule has 0 aromatic heterocycles. The summed E-state index contributed by atoms with van der Waals surface area (Å²) in [6.45, 7) is 4.77. The first-order valence-corrected chi connectivity index (χ1v) is 6.94. The van der Waals surface area contributed by atoms with E-state index in [1.54, 1.807) is 0 Å². The second-order valence-electron chi connectivity index (χ2n) is 5.04. The molecule has 20 heavy (non-hydrogen) atoms. The Labute approximate surface area is 119 Å². The molecule has 1 unspecified atom stereocenters. The molecule has 0 bridgehead atoms. The van der Waals surface area contributed by atoms with E-state index in [0.717, 1.165) is 16.8 Å². The number of anilines is 1. The van der Waals surface area contributed by atoms with Crippen LogP contribution in [0.5, 0.6) is 0 Å². The molecule has 0 spiro atoms. The minimum Gasteiger partial charge on any atom is -0.361 e. The summed E-state index contributed by atoms with van der Waals surface area (Å²) < 4.78 is 0. The molecule has 0 saturated heterocycles. The molecule has 3 nitrogen and oxygen atoms in total. The Kier molecular flexibility index (Phi) is 3.18. The number of benzene rings is 2. The van der Waals surface area contributed by atoms with E-state index in [4.69, 9.17) is 0 Å². The van der Waals surface area contributed by atoms with Crippen LogP contribution in [0.25, 0.3) is 0 Å². The Hall–Kier alpha value is -2.29. The molecule has 3 rings (SSSR count). The van der Waals surface area contributed by atoms with Crippen LogP contribution in [0.2, 0.25) is 0 Å². The SMILES string of the molecule is CCN1C(=O)c2ccccc2NC1c1ccccc1C. The fraction of sp³-hybridized carbons (Fsp3) is 0.235. The highest BCUT2D eigenvalue weighted by atomic mass is 16.2. The third-order valence-electron chi connectivity index (χ3n) is 3.85. The quantitative estimate of drug-likeness (QED) is 0.901. The van der Waals surface area contributed by atoms with Gasteiger partial charge >= 0.3 is 0 Å². The van der Waals surface area contributed by atoms with Crippen LogP contribution in [-0.4, -0.2) is 17.4 Å². The number of hydrogen-bond donors (Lipinski definition) is 1. The van der Waals surface area contributed by atoms with Gasteiger partial charge in [-0.05, 0) is 37.1 Å². The van der Waals surface area contributed by atoms with E-state index in [-0.39, 0.29) is 12.1 Å². The van der Waals surface area contributed by atoms with Crippen LogP contribution in [0, 0.1) is 6.92 Å². The largest absolute Gasteiger partial charge is 0.361 e. The fourth-order valence-electron chi connectivity index (χ4n) is 2.76. The van der Waals surface area contributed by atoms with Crippen molar-refractivity contribution < 1.29 is 4.79 Å². The Morgan fingerprint density at radius 2 is 1.80 bits per heavy atom. The van der Waals surface area contributed by atoms with E-state index in [9.17, 15) is 4.79 Å². The summed E-state index contributed by atoms with van der Waals surface area (Å²) in [7, 11) is 0. The summed E-state index contributed by atoms with van der Waals surface area (Å²) in [5, 5.41) is 3.49. The van der Waals surface area contributed by atoms with Gasteiger partial charge in [0.15, 0.2) is 0 Å². The Morgan fingerprint density at radius 1 is 1.10 bits per heavy atom. The Morgan fingerprint density at radius 3 is 2.55 bits per heavy atom. The van der Waals surface area contributed by atoms with Gasteiger partial charge in [-0.15, -0.1) is 0 Å². The van der Waals surface area contributed by atoms with Gasteiger partial charge in [0.1, 0.15) is 6.17 Å². The van der Waals surface area contributed by atoms with Gasteiger partial charge in [-0.25, -0.2) is 0 Å². The van der Waals surface area contributed by atoms with Crippen LogP contribution in [0.4, 0.5) is 5.69 Å². The number of carbonyl (C=O) groups excluding carboxylic acids is 1. The van der Waals surface area contributed by atoms with Crippen molar-refractivity contribution in [2.24, 2.45) is 0 Å². The summed E-state index contributed by atoms with van der Waals surface area (Å²) in [6, 6.07) is 15.9. The molecular weight excluding hydrogens is 248 g/mol. The van der Waals surface area contributed by atoms with E-state index < -0.39 is 0 Å². The average Bonchev–Trinajstić information content (AvgIpc) is 2.48. The Bertz CT molecular complexity index is 651. The van der Waals surface area contributed by atoms with Crippen molar-refractivity contribution in [3.05, 3.63) is 65.2 Å². The number of aryl methyl sites for hydroxylation is 1. The fourth-order valence-corrected chi connectivity index (χ4v) is 2.76. The van der Waals surface area contributed by atoms with Crippen LogP contribution < -0.4 is 5.32 Å².